The Hall–Kier alpha value is -0.830. The molecule has 0 fully saturated rings. The van der Waals surface area contributed by atoms with Gasteiger partial charge in [-0.25, -0.2) is 13.1 Å². The highest BCUT2D eigenvalue weighted by atomic mass is 32.2. The van der Waals surface area contributed by atoms with Gasteiger partial charge in [0.25, 0.3) is 0 Å². The van der Waals surface area contributed by atoms with Crippen LogP contribution in [0, 0.1) is 19.3 Å². The predicted molar refractivity (Wildman–Crippen MR) is 57.7 cm³/mol. The van der Waals surface area contributed by atoms with Crippen LogP contribution in [0.3, 0.4) is 0 Å². The van der Waals surface area contributed by atoms with Crippen molar-refractivity contribution in [1.29, 1.82) is 0 Å². The first-order valence-electron chi connectivity index (χ1n) is 4.06. The van der Waals surface area contributed by atoms with Crippen molar-refractivity contribution >= 4 is 21.4 Å². The minimum absolute atomic E-state index is 0.287. The lowest BCUT2D eigenvalue weighted by Crippen LogP contribution is -2.23. The van der Waals surface area contributed by atoms with Crippen LogP contribution >= 0.6 is 11.3 Å². The second-order valence-corrected chi connectivity index (χ2v) is 6.00. The molecule has 1 aromatic heterocycles. The van der Waals surface area contributed by atoms with Crippen LogP contribution in [0.5, 0.6) is 0 Å². The highest BCUT2D eigenvalue weighted by molar-refractivity contribution is 7.91. The lowest BCUT2D eigenvalue weighted by molar-refractivity contribution is 0.584. The van der Waals surface area contributed by atoms with Crippen molar-refractivity contribution in [3.05, 3.63) is 17.0 Å². The van der Waals surface area contributed by atoms with E-state index < -0.39 is 10.0 Å². The molecule has 0 spiro atoms. The molecular weight excluding hydrogens is 218 g/mol. The number of nitrogens with one attached hydrogen (secondary N) is 1. The molecule has 1 heterocycles. The van der Waals surface area contributed by atoms with E-state index in [0.717, 1.165) is 4.88 Å². The molecule has 0 aliphatic heterocycles. The molecule has 0 atom stereocenters. The summed E-state index contributed by atoms with van der Waals surface area (Å²) in [7, 11) is -3.34. The molecule has 0 aromatic carbocycles. The van der Waals surface area contributed by atoms with E-state index in [1.807, 2.05) is 6.92 Å². The smallest absolute Gasteiger partial charge is 0.209 e. The minimum atomic E-state index is -3.34. The van der Waals surface area contributed by atoms with E-state index in [1.165, 1.54) is 11.3 Å². The molecule has 0 saturated carbocycles. The van der Waals surface area contributed by atoms with Crippen molar-refractivity contribution in [2.24, 2.45) is 0 Å². The summed E-state index contributed by atoms with van der Waals surface area (Å²) in [6.45, 7) is 2.15. The fourth-order valence-corrected chi connectivity index (χ4v) is 3.24. The first-order valence-corrected chi connectivity index (χ1v) is 6.36. The first kappa shape index (κ1) is 11.2. The molecule has 1 N–H and O–H groups in total. The Labute approximate surface area is 88.2 Å². The second-order valence-electron chi connectivity index (χ2n) is 2.72. The summed E-state index contributed by atoms with van der Waals surface area (Å²) in [6.07, 6.45) is 5.42. The fourth-order valence-electron chi connectivity index (χ4n) is 0.885. The van der Waals surface area contributed by atoms with Gasteiger partial charge in [0.1, 0.15) is 4.21 Å². The van der Waals surface area contributed by atoms with Crippen LogP contribution in [-0.4, -0.2) is 15.0 Å². The van der Waals surface area contributed by atoms with Gasteiger partial charge in [-0.3, -0.25) is 0 Å². The summed E-state index contributed by atoms with van der Waals surface area (Å²) in [5.41, 5.74) is 0. The van der Waals surface area contributed by atoms with Crippen molar-refractivity contribution < 1.29 is 8.42 Å². The van der Waals surface area contributed by atoms with Gasteiger partial charge in [-0.05, 0) is 19.1 Å². The highest BCUT2D eigenvalue weighted by Gasteiger charge is 2.14. The van der Waals surface area contributed by atoms with E-state index in [1.54, 1.807) is 12.1 Å². The number of terminal acetylenes is 1. The molecule has 0 saturated heterocycles. The van der Waals surface area contributed by atoms with Crippen molar-refractivity contribution in [2.75, 3.05) is 6.54 Å². The Morgan fingerprint density at radius 2 is 2.29 bits per heavy atom. The third-order valence-corrected chi connectivity index (χ3v) is 4.50. The molecule has 3 nitrogen and oxygen atoms in total. The number of rotatable bonds is 4. The van der Waals surface area contributed by atoms with Crippen LogP contribution in [0.1, 0.15) is 11.3 Å². The number of aryl methyl sites for hydroxylation is 1. The van der Waals surface area contributed by atoms with Gasteiger partial charge in [0.15, 0.2) is 0 Å². The molecule has 1 rings (SSSR count). The standard InChI is InChI=1S/C9H11NO2S2/c1-3-4-7-10-14(11,12)9-6-5-8(2)13-9/h1,5-6,10H,4,7H2,2H3. The topological polar surface area (TPSA) is 46.2 Å². The van der Waals surface area contributed by atoms with E-state index in [2.05, 4.69) is 10.6 Å². The number of thiophene rings is 1. The van der Waals surface area contributed by atoms with E-state index in [-0.39, 0.29) is 6.54 Å². The Kier molecular flexibility index (Phi) is 3.69. The summed E-state index contributed by atoms with van der Waals surface area (Å²) in [5.74, 6) is 2.37. The molecule has 0 amide bonds. The molecule has 76 valence electrons. The third-order valence-electron chi connectivity index (χ3n) is 1.54. The molecule has 0 radical (unpaired) electrons. The molecule has 0 bridgehead atoms. The van der Waals surface area contributed by atoms with E-state index in [4.69, 9.17) is 6.42 Å². The van der Waals surface area contributed by atoms with Crippen molar-refractivity contribution in [2.45, 2.75) is 17.6 Å². The van der Waals surface area contributed by atoms with E-state index in [0.29, 0.717) is 10.6 Å². The molecule has 0 unspecified atom stereocenters. The van der Waals surface area contributed by atoms with Crippen LogP contribution in [0.2, 0.25) is 0 Å². The van der Waals surface area contributed by atoms with Crippen molar-refractivity contribution in [3.8, 4) is 12.3 Å². The van der Waals surface area contributed by atoms with Crippen LogP contribution in [0.25, 0.3) is 0 Å². The largest absolute Gasteiger partial charge is 0.250 e. The summed E-state index contributed by atoms with van der Waals surface area (Å²) in [6, 6.07) is 3.37. The van der Waals surface area contributed by atoms with Gasteiger partial charge in [0.2, 0.25) is 10.0 Å². The van der Waals surface area contributed by atoms with E-state index >= 15 is 0 Å². The maximum Gasteiger partial charge on any atom is 0.250 e. The van der Waals surface area contributed by atoms with Crippen LogP contribution in [-0.2, 0) is 10.0 Å². The zero-order chi connectivity index (χ0) is 10.6. The molecule has 5 heteroatoms. The zero-order valence-corrected chi connectivity index (χ0v) is 9.41. The maximum absolute atomic E-state index is 11.6. The molecule has 0 aliphatic rings. The van der Waals surface area contributed by atoms with Gasteiger partial charge in [0.05, 0.1) is 0 Å². The Balaban J connectivity index is 2.72. The fraction of sp³-hybridized carbons (Fsp3) is 0.333. The Morgan fingerprint density at radius 3 is 2.79 bits per heavy atom. The van der Waals surface area contributed by atoms with Gasteiger partial charge in [-0.2, -0.15) is 0 Å². The quantitative estimate of drug-likeness (QED) is 0.626. The van der Waals surface area contributed by atoms with Gasteiger partial charge in [-0.1, -0.05) is 0 Å². The lowest BCUT2D eigenvalue weighted by Gasteiger charge is -2.01. The van der Waals surface area contributed by atoms with Crippen molar-refractivity contribution in [3.63, 3.8) is 0 Å². The first-order chi connectivity index (χ1) is 6.56. The predicted octanol–water partition coefficient (Wildman–Crippen LogP) is 1.36. The van der Waals surface area contributed by atoms with Crippen LogP contribution < -0.4 is 4.72 Å². The molecule has 1 aromatic rings. The van der Waals surface area contributed by atoms with Crippen molar-refractivity contribution in [1.82, 2.24) is 4.72 Å². The Bertz CT molecular complexity index is 440. The van der Waals surface area contributed by atoms with Gasteiger partial charge >= 0.3 is 0 Å². The van der Waals surface area contributed by atoms with Gasteiger partial charge in [-0.15, -0.1) is 23.7 Å². The van der Waals surface area contributed by atoms with Crippen LogP contribution in [0.15, 0.2) is 16.3 Å². The summed E-state index contributed by atoms with van der Waals surface area (Å²) in [4.78, 5) is 0.974. The Morgan fingerprint density at radius 1 is 1.57 bits per heavy atom. The maximum atomic E-state index is 11.6. The van der Waals surface area contributed by atoms with Gasteiger partial charge in [0, 0.05) is 17.8 Å². The average Bonchev–Trinajstić information content (AvgIpc) is 2.53. The summed E-state index contributed by atoms with van der Waals surface area (Å²) >= 11 is 1.25. The second kappa shape index (κ2) is 4.60. The number of hydrogen-bond acceptors (Lipinski definition) is 3. The monoisotopic (exact) mass is 229 g/mol. The van der Waals surface area contributed by atoms with E-state index in [9.17, 15) is 8.42 Å². The SMILES string of the molecule is C#CCCNS(=O)(=O)c1ccc(C)s1. The summed E-state index contributed by atoms with van der Waals surface area (Å²) in [5, 5.41) is 0. The average molecular weight is 229 g/mol. The number of sulfonamides is 1. The molecule has 0 aliphatic carbocycles. The van der Waals surface area contributed by atoms with Crippen LogP contribution in [0.4, 0.5) is 0 Å². The van der Waals surface area contributed by atoms with Gasteiger partial charge < -0.3 is 0 Å². The highest BCUT2D eigenvalue weighted by Crippen LogP contribution is 2.19. The normalized spacial score (nSPS) is 11.1. The summed E-state index contributed by atoms with van der Waals surface area (Å²) < 4.78 is 25.9. The third kappa shape index (κ3) is 2.84. The molecule has 14 heavy (non-hydrogen) atoms. The minimum Gasteiger partial charge on any atom is -0.209 e. The zero-order valence-electron chi connectivity index (χ0n) is 7.78. The number of hydrogen-bond donors (Lipinski definition) is 1. The lowest BCUT2D eigenvalue weighted by atomic mass is 10.5. The molecular formula is C9H11NO2S2.